The van der Waals surface area contributed by atoms with E-state index in [0.717, 1.165) is 12.8 Å². The Kier molecular flexibility index (Phi) is 3.46. The van der Waals surface area contributed by atoms with E-state index < -0.39 is 0 Å². The van der Waals surface area contributed by atoms with E-state index in [2.05, 4.69) is 0 Å². The second-order valence-electron chi connectivity index (χ2n) is 3.02. The van der Waals surface area contributed by atoms with Gasteiger partial charge in [-0.2, -0.15) is 0 Å². The lowest BCUT2D eigenvalue weighted by atomic mass is 10.2. The highest BCUT2D eigenvalue weighted by Gasteiger charge is 2.01. The average molecular weight is 179 g/mol. The van der Waals surface area contributed by atoms with Crippen LogP contribution < -0.4 is 0 Å². The molecule has 1 heterocycles. The molecule has 0 fully saturated rings. The number of aldehydes is 1. The van der Waals surface area contributed by atoms with E-state index in [4.69, 9.17) is 4.42 Å². The minimum absolute atomic E-state index is 0.596. The van der Waals surface area contributed by atoms with E-state index in [9.17, 15) is 4.79 Å². The van der Waals surface area contributed by atoms with Gasteiger partial charge in [-0.05, 0) is 26.2 Å². The fourth-order valence-electron chi connectivity index (χ4n) is 0.931. The third-order valence-corrected chi connectivity index (χ3v) is 1.61. The molecule has 0 spiro atoms. The van der Waals surface area contributed by atoms with E-state index in [1.807, 2.05) is 25.1 Å². The van der Waals surface area contributed by atoms with E-state index in [-0.39, 0.29) is 0 Å². The van der Waals surface area contributed by atoms with Gasteiger partial charge >= 0.3 is 0 Å². The van der Waals surface area contributed by atoms with Crippen LogP contribution in [0.15, 0.2) is 28.9 Å². The Labute approximate surface area is 77.6 Å². The summed E-state index contributed by atoms with van der Waals surface area (Å²) in [5, 5.41) is 0. The molecule has 3 heteroatoms. The maximum Gasteiger partial charge on any atom is 0.153 e. The minimum atomic E-state index is 0.596. The number of hydrogen-bond acceptors (Lipinski definition) is 3. The molecule has 0 saturated carbocycles. The zero-order valence-electron chi connectivity index (χ0n) is 7.86. The molecule has 0 aliphatic heterocycles. The van der Waals surface area contributed by atoms with E-state index >= 15 is 0 Å². The van der Waals surface area contributed by atoms with E-state index in [0.29, 0.717) is 11.3 Å². The molecule has 1 aromatic rings. The lowest BCUT2D eigenvalue weighted by Gasteiger charge is -2.04. The molecule has 0 aliphatic rings. The monoisotopic (exact) mass is 179 g/mol. The molecule has 0 unspecified atom stereocenters. The van der Waals surface area contributed by atoms with Crippen molar-refractivity contribution in [2.45, 2.75) is 0 Å². The Balaban J connectivity index is 2.74. The molecule has 13 heavy (non-hydrogen) atoms. The number of nitrogens with zero attached hydrogens (tertiary/aromatic N) is 1. The predicted octanol–water partition coefficient (Wildman–Crippen LogP) is 1.42. The number of likely N-dealkylation sites (N-methyl/N-ethyl adjacent to an activating group) is 1. The van der Waals surface area contributed by atoms with Crippen LogP contribution in [-0.4, -0.2) is 31.8 Å². The van der Waals surface area contributed by atoms with Gasteiger partial charge in [0.15, 0.2) is 6.29 Å². The Hall–Kier alpha value is -1.35. The molecule has 1 rings (SSSR count). The van der Waals surface area contributed by atoms with Gasteiger partial charge in [0.05, 0.1) is 11.8 Å². The Bertz CT molecular complexity index is 286. The Morgan fingerprint density at radius 3 is 2.85 bits per heavy atom. The molecule has 0 aromatic carbocycles. The average Bonchev–Trinajstić information content (AvgIpc) is 2.58. The van der Waals surface area contributed by atoms with Gasteiger partial charge in [0.1, 0.15) is 5.76 Å². The van der Waals surface area contributed by atoms with Crippen LogP contribution in [0.25, 0.3) is 5.57 Å². The van der Waals surface area contributed by atoms with Gasteiger partial charge in [-0.25, -0.2) is 0 Å². The molecule has 0 N–H and O–H groups in total. The van der Waals surface area contributed by atoms with Gasteiger partial charge in [0.2, 0.25) is 0 Å². The van der Waals surface area contributed by atoms with Crippen molar-refractivity contribution in [3.8, 4) is 0 Å². The van der Waals surface area contributed by atoms with Crippen LogP contribution in [0, 0.1) is 0 Å². The van der Waals surface area contributed by atoms with Crippen molar-refractivity contribution in [2.75, 3.05) is 20.6 Å². The zero-order chi connectivity index (χ0) is 9.68. The van der Waals surface area contributed by atoms with Crippen LogP contribution in [-0.2, 0) is 4.79 Å². The molecule has 0 radical (unpaired) electrons. The van der Waals surface area contributed by atoms with Crippen molar-refractivity contribution < 1.29 is 9.21 Å². The summed E-state index contributed by atoms with van der Waals surface area (Å²) in [5.74, 6) is 0.622. The second-order valence-corrected chi connectivity index (χ2v) is 3.02. The normalized spacial score (nSPS) is 12.1. The van der Waals surface area contributed by atoms with Gasteiger partial charge in [0.25, 0.3) is 0 Å². The lowest BCUT2D eigenvalue weighted by Crippen LogP contribution is -2.11. The van der Waals surface area contributed by atoms with Crippen LogP contribution in [0.1, 0.15) is 5.76 Å². The third kappa shape index (κ3) is 2.87. The maximum atomic E-state index is 10.7. The first kappa shape index (κ1) is 9.74. The Morgan fingerprint density at radius 2 is 2.38 bits per heavy atom. The van der Waals surface area contributed by atoms with Crippen LogP contribution in [0.3, 0.4) is 0 Å². The summed E-state index contributed by atoms with van der Waals surface area (Å²) in [6, 6.07) is 3.54. The molecular weight excluding hydrogens is 166 g/mol. The van der Waals surface area contributed by atoms with Crippen molar-refractivity contribution >= 4 is 11.9 Å². The van der Waals surface area contributed by atoms with Crippen molar-refractivity contribution in [2.24, 2.45) is 0 Å². The first-order valence-electron chi connectivity index (χ1n) is 4.08. The van der Waals surface area contributed by atoms with E-state index in [1.165, 1.54) is 0 Å². The minimum Gasteiger partial charge on any atom is -0.464 e. The number of carbonyl (C=O) groups excluding carboxylic acids is 1. The van der Waals surface area contributed by atoms with Gasteiger partial charge in [-0.1, -0.05) is 6.08 Å². The van der Waals surface area contributed by atoms with Crippen LogP contribution >= 0.6 is 0 Å². The quantitative estimate of drug-likeness (QED) is 0.517. The fourth-order valence-corrected chi connectivity index (χ4v) is 0.931. The largest absolute Gasteiger partial charge is 0.464 e. The number of allylic oxidation sites excluding steroid dienone is 1. The SMILES string of the molecule is CN(C)CC=C(C=O)c1ccco1. The summed E-state index contributed by atoms with van der Waals surface area (Å²) < 4.78 is 5.10. The molecule has 1 aromatic heterocycles. The summed E-state index contributed by atoms with van der Waals surface area (Å²) >= 11 is 0. The van der Waals surface area contributed by atoms with Crippen LogP contribution in [0.2, 0.25) is 0 Å². The van der Waals surface area contributed by atoms with Gasteiger partial charge in [-0.3, -0.25) is 4.79 Å². The molecular formula is C10H13NO2. The topological polar surface area (TPSA) is 33.5 Å². The van der Waals surface area contributed by atoms with Crippen LogP contribution in [0.5, 0.6) is 0 Å². The first-order valence-corrected chi connectivity index (χ1v) is 4.08. The number of hydrogen-bond donors (Lipinski definition) is 0. The number of rotatable bonds is 4. The second kappa shape index (κ2) is 4.62. The highest BCUT2D eigenvalue weighted by molar-refractivity contribution is 6.05. The Morgan fingerprint density at radius 1 is 1.62 bits per heavy atom. The number of furan rings is 1. The summed E-state index contributed by atoms with van der Waals surface area (Å²) in [6.07, 6.45) is 4.20. The van der Waals surface area contributed by atoms with Crippen molar-refractivity contribution in [1.82, 2.24) is 4.90 Å². The van der Waals surface area contributed by atoms with Gasteiger partial charge in [-0.15, -0.1) is 0 Å². The van der Waals surface area contributed by atoms with Crippen LogP contribution in [0.4, 0.5) is 0 Å². The summed E-state index contributed by atoms with van der Waals surface area (Å²) in [6.45, 7) is 0.731. The van der Waals surface area contributed by atoms with E-state index in [1.54, 1.807) is 18.4 Å². The highest BCUT2D eigenvalue weighted by atomic mass is 16.3. The summed E-state index contributed by atoms with van der Waals surface area (Å²) in [7, 11) is 3.89. The molecule has 0 aliphatic carbocycles. The van der Waals surface area contributed by atoms with Gasteiger partial charge < -0.3 is 9.32 Å². The molecule has 70 valence electrons. The smallest absolute Gasteiger partial charge is 0.153 e. The molecule has 0 bridgehead atoms. The maximum absolute atomic E-state index is 10.7. The summed E-state index contributed by atoms with van der Waals surface area (Å²) in [4.78, 5) is 12.6. The molecule has 3 nitrogen and oxygen atoms in total. The molecule has 0 atom stereocenters. The molecule has 0 amide bonds. The van der Waals surface area contributed by atoms with Crippen molar-refractivity contribution in [1.29, 1.82) is 0 Å². The molecule has 0 saturated heterocycles. The first-order chi connectivity index (χ1) is 6.24. The number of carbonyl (C=O) groups is 1. The van der Waals surface area contributed by atoms with Gasteiger partial charge in [0, 0.05) is 6.54 Å². The predicted molar refractivity (Wildman–Crippen MR) is 51.3 cm³/mol. The zero-order valence-corrected chi connectivity index (χ0v) is 7.86. The highest BCUT2D eigenvalue weighted by Crippen LogP contribution is 2.11. The third-order valence-electron chi connectivity index (χ3n) is 1.61. The summed E-state index contributed by atoms with van der Waals surface area (Å²) in [5.41, 5.74) is 0.596. The fraction of sp³-hybridized carbons (Fsp3) is 0.300. The van der Waals surface area contributed by atoms with Crippen molar-refractivity contribution in [3.05, 3.63) is 30.2 Å². The standard InChI is InChI=1S/C10H13NO2/c1-11(2)6-5-9(8-12)10-4-3-7-13-10/h3-5,7-8H,6H2,1-2H3. The van der Waals surface area contributed by atoms with Crippen molar-refractivity contribution in [3.63, 3.8) is 0 Å². The lowest BCUT2D eigenvalue weighted by molar-refractivity contribution is -0.103.